The summed E-state index contributed by atoms with van der Waals surface area (Å²) in [5.41, 5.74) is 4.47. The molecule has 6 aromatic carbocycles. The van der Waals surface area contributed by atoms with Gasteiger partial charge in [0.1, 0.15) is 29.4 Å². The predicted molar refractivity (Wildman–Crippen MR) is 201 cm³/mol. The molecule has 2 unspecified atom stereocenters. The van der Waals surface area contributed by atoms with E-state index >= 15 is 0 Å². The Kier molecular flexibility index (Phi) is 11.6. The van der Waals surface area contributed by atoms with Gasteiger partial charge in [-0.2, -0.15) is 0 Å². The smallest absolute Gasteiger partial charge is 0.133 e. The van der Waals surface area contributed by atoms with Gasteiger partial charge in [-0.05, 0) is 58.7 Å². The van der Waals surface area contributed by atoms with Gasteiger partial charge in [0.15, 0.2) is 0 Å². The highest BCUT2D eigenvalue weighted by Crippen LogP contribution is 2.42. The van der Waals surface area contributed by atoms with Gasteiger partial charge in [-0.15, -0.1) is 0 Å². The summed E-state index contributed by atoms with van der Waals surface area (Å²) in [5.74, 6) is -2.88. The molecule has 0 saturated carbocycles. The second kappa shape index (κ2) is 16.9. The molecule has 1 N–H and O–H groups in total. The number of alkyl halides is 1. The Balaban J connectivity index is 0.000000167. The molecule has 3 nitrogen and oxygen atoms in total. The topological polar surface area (TPSA) is 26.7 Å². The van der Waals surface area contributed by atoms with Gasteiger partial charge in [0.05, 0.1) is 18.2 Å². The molecule has 6 aromatic rings. The quantitative estimate of drug-likeness (QED) is 0.142. The fourth-order valence-corrected chi connectivity index (χ4v) is 7.65. The maximum atomic E-state index is 14.8. The fraction of sp³-hybridized carbons (Fsp3) is 0.217. The van der Waals surface area contributed by atoms with Gasteiger partial charge in [-0.3, -0.25) is 9.80 Å². The van der Waals surface area contributed by atoms with E-state index in [-0.39, 0.29) is 35.0 Å². The molecule has 0 radical (unpaired) electrons. The molecule has 0 aliphatic carbocycles. The zero-order valence-corrected chi connectivity index (χ0v) is 29.5. The second-order valence-corrected chi connectivity index (χ2v) is 14.1. The van der Waals surface area contributed by atoms with Crippen LogP contribution in [0.2, 0.25) is 0 Å². The first-order valence-electron chi connectivity index (χ1n) is 18.2. The maximum absolute atomic E-state index is 14.8. The standard InChI is InChI=1S/C23H20F3N.C23H21F2NO/c24-19-11-12-21(25)20(13-19)22(26)18-14-27(15-18)23(16-7-3-1-4-8-16)17-9-5-2-6-10-17;24-19-11-12-21(25)20(13-19)23(27)18-14-26(15-18)22(16-7-3-1-4-8-16)17-9-5-2-6-10-17/h1-13,18,22-23H,14-15H2;1-13,18,22-23,27H,14-15H2. The van der Waals surface area contributed by atoms with Crippen LogP contribution in [-0.4, -0.2) is 41.1 Å². The van der Waals surface area contributed by atoms with Crippen LogP contribution in [0.4, 0.5) is 22.0 Å². The van der Waals surface area contributed by atoms with Crippen LogP contribution in [0.15, 0.2) is 158 Å². The summed E-state index contributed by atoms with van der Waals surface area (Å²) < 4.78 is 69.6. The van der Waals surface area contributed by atoms with Gasteiger partial charge in [0.2, 0.25) is 0 Å². The Morgan fingerprint density at radius 3 is 1.17 bits per heavy atom. The summed E-state index contributed by atoms with van der Waals surface area (Å²) in [7, 11) is 0. The Labute approximate surface area is 313 Å². The van der Waals surface area contributed by atoms with Crippen molar-refractivity contribution < 1.29 is 27.1 Å². The van der Waals surface area contributed by atoms with E-state index in [2.05, 4.69) is 58.3 Å². The lowest BCUT2D eigenvalue weighted by Crippen LogP contribution is -2.51. The first kappa shape index (κ1) is 37.2. The Bertz CT molecular complexity index is 1860. The average Bonchev–Trinajstić information content (AvgIpc) is 3.17. The largest absolute Gasteiger partial charge is 0.388 e. The molecule has 8 rings (SSSR count). The second-order valence-electron chi connectivity index (χ2n) is 14.1. The van der Waals surface area contributed by atoms with E-state index in [1.54, 1.807) is 0 Å². The van der Waals surface area contributed by atoms with Crippen molar-refractivity contribution in [3.05, 3.63) is 214 Å². The van der Waals surface area contributed by atoms with Crippen molar-refractivity contribution in [3.63, 3.8) is 0 Å². The lowest BCUT2D eigenvalue weighted by atomic mass is 9.85. The van der Waals surface area contributed by atoms with E-state index in [1.165, 1.54) is 11.1 Å². The maximum Gasteiger partial charge on any atom is 0.133 e. The van der Waals surface area contributed by atoms with Gasteiger partial charge < -0.3 is 5.11 Å². The third kappa shape index (κ3) is 8.31. The summed E-state index contributed by atoms with van der Waals surface area (Å²) >= 11 is 0. The highest BCUT2D eigenvalue weighted by molar-refractivity contribution is 5.34. The van der Waals surface area contributed by atoms with Crippen LogP contribution >= 0.6 is 0 Å². The number of benzene rings is 6. The zero-order valence-electron chi connectivity index (χ0n) is 29.5. The molecule has 2 heterocycles. The van der Waals surface area contributed by atoms with Gasteiger partial charge in [-0.25, -0.2) is 22.0 Å². The SMILES string of the molecule is Fc1ccc(F)c(C(F)C2CN(C(c3ccccc3)c3ccccc3)C2)c1.OC(c1cc(F)ccc1F)C1CN(C(c2ccccc2)c2ccccc2)C1. The minimum Gasteiger partial charge on any atom is -0.388 e. The number of nitrogens with zero attached hydrogens (tertiary/aromatic N) is 2. The third-order valence-corrected chi connectivity index (χ3v) is 10.5. The minimum absolute atomic E-state index is 0.0215. The van der Waals surface area contributed by atoms with Crippen molar-refractivity contribution in [1.82, 2.24) is 9.80 Å². The third-order valence-electron chi connectivity index (χ3n) is 10.5. The number of halogens is 5. The number of rotatable bonds is 10. The summed E-state index contributed by atoms with van der Waals surface area (Å²) in [6.45, 7) is 2.22. The molecule has 0 amide bonds. The molecule has 276 valence electrons. The van der Waals surface area contributed by atoms with Crippen LogP contribution in [0.5, 0.6) is 0 Å². The Morgan fingerprint density at radius 2 is 0.778 bits per heavy atom. The zero-order chi connectivity index (χ0) is 37.6. The highest BCUT2D eigenvalue weighted by Gasteiger charge is 2.41. The number of hydrogen-bond donors (Lipinski definition) is 1. The fourth-order valence-electron chi connectivity index (χ4n) is 7.65. The van der Waals surface area contributed by atoms with Crippen molar-refractivity contribution >= 4 is 0 Å². The molecule has 2 saturated heterocycles. The van der Waals surface area contributed by atoms with Gasteiger partial charge >= 0.3 is 0 Å². The number of aliphatic hydroxyl groups excluding tert-OH is 1. The molecular formula is C46H41F5N2O. The molecule has 0 spiro atoms. The van der Waals surface area contributed by atoms with E-state index in [0.29, 0.717) is 26.2 Å². The van der Waals surface area contributed by atoms with E-state index < -0.39 is 35.5 Å². The Morgan fingerprint density at radius 1 is 0.444 bits per heavy atom. The number of hydrogen-bond acceptors (Lipinski definition) is 3. The lowest BCUT2D eigenvalue weighted by Gasteiger charge is -2.46. The molecule has 0 aromatic heterocycles. The van der Waals surface area contributed by atoms with E-state index in [0.717, 1.165) is 47.5 Å². The minimum atomic E-state index is -1.51. The number of likely N-dealkylation sites (tertiary alicyclic amines) is 2. The lowest BCUT2D eigenvalue weighted by molar-refractivity contribution is -0.0222. The molecule has 8 heteroatoms. The first-order chi connectivity index (χ1) is 26.3. The van der Waals surface area contributed by atoms with Crippen LogP contribution in [0, 0.1) is 35.1 Å². The van der Waals surface area contributed by atoms with E-state index in [4.69, 9.17) is 0 Å². The van der Waals surface area contributed by atoms with Gasteiger partial charge in [-0.1, -0.05) is 121 Å². The van der Waals surface area contributed by atoms with Crippen LogP contribution in [0.25, 0.3) is 0 Å². The molecule has 0 bridgehead atoms. The highest BCUT2D eigenvalue weighted by atomic mass is 19.2. The molecule has 2 fully saturated rings. The summed E-state index contributed by atoms with van der Waals surface area (Å²) in [4.78, 5) is 4.44. The molecular weight excluding hydrogens is 692 g/mol. The average molecular weight is 733 g/mol. The first-order valence-corrected chi connectivity index (χ1v) is 18.2. The number of aliphatic hydroxyl groups is 1. The molecule has 54 heavy (non-hydrogen) atoms. The van der Waals surface area contributed by atoms with Gasteiger partial charge in [0.25, 0.3) is 0 Å². The van der Waals surface area contributed by atoms with Crippen LogP contribution in [0.1, 0.15) is 57.7 Å². The predicted octanol–water partition coefficient (Wildman–Crippen LogP) is 10.4. The normalized spacial score (nSPS) is 16.3. The molecule has 2 aliphatic heterocycles. The van der Waals surface area contributed by atoms with Crippen LogP contribution in [0.3, 0.4) is 0 Å². The summed E-state index contributed by atoms with van der Waals surface area (Å²) in [6.07, 6.45) is -2.52. The van der Waals surface area contributed by atoms with Crippen molar-refractivity contribution in [1.29, 1.82) is 0 Å². The van der Waals surface area contributed by atoms with Crippen molar-refractivity contribution in [3.8, 4) is 0 Å². The van der Waals surface area contributed by atoms with Crippen LogP contribution < -0.4 is 0 Å². The summed E-state index contributed by atoms with van der Waals surface area (Å²) in [5, 5.41) is 10.6. The Hall–Kier alpha value is -5.15. The van der Waals surface area contributed by atoms with E-state index in [9.17, 15) is 27.1 Å². The van der Waals surface area contributed by atoms with Gasteiger partial charge in [0, 0.05) is 49.1 Å². The molecule has 2 atom stereocenters. The van der Waals surface area contributed by atoms with Crippen molar-refractivity contribution in [2.24, 2.45) is 11.8 Å². The van der Waals surface area contributed by atoms with Crippen LogP contribution in [-0.2, 0) is 0 Å². The van der Waals surface area contributed by atoms with E-state index in [1.807, 2.05) is 72.8 Å². The van der Waals surface area contributed by atoms with Crippen molar-refractivity contribution in [2.75, 3.05) is 26.2 Å². The monoisotopic (exact) mass is 732 g/mol. The molecule has 2 aliphatic rings. The summed E-state index contributed by atoms with van der Waals surface area (Å²) in [6, 6.07) is 46.8. The van der Waals surface area contributed by atoms with Crippen molar-refractivity contribution in [2.45, 2.75) is 24.4 Å².